The summed E-state index contributed by atoms with van der Waals surface area (Å²) in [6.07, 6.45) is 0. The van der Waals surface area contributed by atoms with E-state index in [9.17, 15) is 19.2 Å². The van der Waals surface area contributed by atoms with Crippen LogP contribution in [0.15, 0.2) is 58.1 Å². The summed E-state index contributed by atoms with van der Waals surface area (Å²) >= 11 is 0. The van der Waals surface area contributed by atoms with Crippen molar-refractivity contribution in [3.05, 3.63) is 69.2 Å². The van der Waals surface area contributed by atoms with Crippen molar-refractivity contribution < 1.29 is 9.59 Å². The van der Waals surface area contributed by atoms with Crippen LogP contribution in [-0.4, -0.2) is 40.2 Å². The Morgan fingerprint density at radius 2 is 0.944 bits per heavy atom. The standard InChI is InChI=1S/C26H26N6O4/c1-25(2,3)21(35)31-23-27-17-13-9-8-12-16(17)20(34)30(23)32(22(36)26(4,5)6)24-28-18-14-10-7-11-15(18)19(33)29(24)31/h7-14H,1-6H3. The minimum Gasteiger partial charge on any atom is -0.272 e. The van der Waals surface area contributed by atoms with Gasteiger partial charge in [-0.1, -0.05) is 65.8 Å². The van der Waals surface area contributed by atoms with Gasteiger partial charge in [0.2, 0.25) is 0 Å². The minimum atomic E-state index is -0.966. The maximum Gasteiger partial charge on any atom is 0.282 e. The largest absolute Gasteiger partial charge is 0.282 e. The maximum atomic E-state index is 13.9. The zero-order valence-corrected chi connectivity index (χ0v) is 20.9. The molecule has 0 N–H and O–H groups in total. The molecule has 0 atom stereocenters. The molecule has 3 aromatic heterocycles. The Labute approximate surface area is 205 Å². The fourth-order valence-corrected chi connectivity index (χ4v) is 4.04. The molecular weight excluding hydrogens is 460 g/mol. The van der Waals surface area contributed by atoms with E-state index in [2.05, 4.69) is 9.97 Å². The maximum absolute atomic E-state index is 13.9. The van der Waals surface area contributed by atoms with Crippen LogP contribution >= 0.6 is 0 Å². The molecule has 36 heavy (non-hydrogen) atoms. The second kappa shape index (κ2) is 7.58. The van der Waals surface area contributed by atoms with Gasteiger partial charge >= 0.3 is 0 Å². The highest BCUT2D eigenvalue weighted by atomic mass is 16.2. The van der Waals surface area contributed by atoms with Gasteiger partial charge in [0.05, 0.1) is 21.8 Å². The second-order valence-corrected chi connectivity index (χ2v) is 10.8. The summed E-state index contributed by atoms with van der Waals surface area (Å²) in [6.45, 7) is 10.2. The first-order valence-electron chi connectivity index (χ1n) is 11.6. The lowest BCUT2D eigenvalue weighted by molar-refractivity contribution is 0.0710. The van der Waals surface area contributed by atoms with Crippen LogP contribution in [0.1, 0.15) is 51.1 Å². The fourth-order valence-electron chi connectivity index (χ4n) is 4.04. The number of hydrogen-bond donors (Lipinski definition) is 0. The summed E-state index contributed by atoms with van der Waals surface area (Å²) < 4.78 is 4.24. The van der Waals surface area contributed by atoms with E-state index >= 15 is 0 Å². The lowest BCUT2D eigenvalue weighted by atomic mass is 9.95. The van der Waals surface area contributed by atoms with Crippen molar-refractivity contribution in [2.75, 3.05) is 0 Å². The van der Waals surface area contributed by atoms with Crippen LogP contribution in [0, 0.1) is 10.8 Å². The van der Waals surface area contributed by atoms with Crippen molar-refractivity contribution in [1.82, 2.24) is 28.4 Å². The number of rotatable bonds is 0. The van der Waals surface area contributed by atoms with E-state index in [-0.39, 0.29) is 22.3 Å². The summed E-state index contributed by atoms with van der Waals surface area (Å²) in [6, 6.07) is 13.3. The van der Waals surface area contributed by atoms with Gasteiger partial charge in [0.25, 0.3) is 34.5 Å². The molecule has 0 bridgehead atoms. The van der Waals surface area contributed by atoms with Gasteiger partial charge in [-0.05, 0) is 24.3 Å². The van der Waals surface area contributed by atoms with Crippen LogP contribution < -0.4 is 11.1 Å². The average Bonchev–Trinajstić information content (AvgIpc) is 2.81. The van der Waals surface area contributed by atoms with Crippen LogP contribution in [0.4, 0.5) is 0 Å². The summed E-state index contributed by atoms with van der Waals surface area (Å²) in [4.78, 5) is 64.6. The number of benzene rings is 2. The van der Waals surface area contributed by atoms with Crippen molar-refractivity contribution in [2.45, 2.75) is 41.5 Å². The number of para-hydroxylation sites is 2. The normalized spacial score (nSPS) is 12.6. The van der Waals surface area contributed by atoms with Gasteiger partial charge < -0.3 is 0 Å². The van der Waals surface area contributed by atoms with Gasteiger partial charge in [-0.25, -0.2) is 9.97 Å². The summed E-state index contributed by atoms with van der Waals surface area (Å²) in [5, 5.41) is 0.514. The average molecular weight is 487 g/mol. The van der Waals surface area contributed by atoms with Crippen LogP contribution in [0.25, 0.3) is 33.4 Å². The molecule has 10 heteroatoms. The Kier molecular flexibility index (Phi) is 4.93. The molecule has 3 heterocycles. The summed E-state index contributed by atoms with van der Waals surface area (Å²) in [5.41, 5.74) is -2.40. The Morgan fingerprint density at radius 1 is 0.611 bits per heavy atom. The van der Waals surface area contributed by atoms with E-state index < -0.39 is 33.8 Å². The molecule has 5 aromatic rings. The molecule has 0 aliphatic heterocycles. The molecule has 184 valence electrons. The molecule has 0 amide bonds. The van der Waals surface area contributed by atoms with Crippen LogP contribution in [0.3, 0.4) is 0 Å². The predicted octanol–water partition coefficient (Wildman–Crippen LogP) is 3.55. The third kappa shape index (κ3) is 3.32. The third-order valence-corrected chi connectivity index (χ3v) is 5.92. The third-order valence-electron chi connectivity index (χ3n) is 5.92. The Balaban J connectivity index is 2.23. The van der Waals surface area contributed by atoms with Crippen molar-refractivity contribution in [2.24, 2.45) is 10.8 Å². The molecule has 0 radical (unpaired) electrons. The van der Waals surface area contributed by atoms with E-state index in [1.54, 1.807) is 90.1 Å². The molecule has 0 saturated heterocycles. The lowest BCUT2D eigenvalue weighted by Gasteiger charge is -2.26. The molecule has 0 saturated carbocycles. The zero-order chi connectivity index (χ0) is 26.2. The van der Waals surface area contributed by atoms with E-state index in [4.69, 9.17) is 0 Å². The fraction of sp³-hybridized carbons (Fsp3) is 0.308. The van der Waals surface area contributed by atoms with E-state index in [0.717, 1.165) is 18.4 Å². The number of aromatic nitrogens is 6. The SMILES string of the molecule is CC(C)(C)C(=O)n1c2nc3ccccc3c(=O)n2n(C(=O)C(C)(C)C)c2nc3ccccc3c(=O)n21. The van der Waals surface area contributed by atoms with Crippen molar-refractivity contribution >= 4 is 45.2 Å². The highest BCUT2D eigenvalue weighted by Crippen LogP contribution is 2.23. The van der Waals surface area contributed by atoms with Crippen molar-refractivity contribution in [1.29, 1.82) is 0 Å². The Bertz CT molecular complexity index is 1750. The quantitative estimate of drug-likeness (QED) is 0.310. The molecule has 0 spiro atoms. The molecule has 10 nitrogen and oxygen atoms in total. The predicted molar refractivity (Wildman–Crippen MR) is 136 cm³/mol. The highest BCUT2D eigenvalue weighted by Gasteiger charge is 2.33. The number of fused-ring (bicyclic) bond motifs is 4. The monoisotopic (exact) mass is 486 g/mol. The smallest absolute Gasteiger partial charge is 0.272 e. The minimum absolute atomic E-state index is 0.164. The van der Waals surface area contributed by atoms with Gasteiger partial charge in [0.1, 0.15) is 0 Å². The van der Waals surface area contributed by atoms with E-state index in [0.29, 0.717) is 11.0 Å². The Morgan fingerprint density at radius 3 is 1.28 bits per heavy atom. The second-order valence-electron chi connectivity index (χ2n) is 10.8. The Hall–Kier alpha value is -4.34. The summed E-state index contributed by atoms with van der Waals surface area (Å²) in [5.74, 6) is -1.32. The molecule has 2 aromatic carbocycles. The molecule has 0 fully saturated rings. The lowest BCUT2D eigenvalue weighted by Crippen LogP contribution is -2.44. The van der Waals surface area contributed by atoms with Crippen molar-refractivity contribution in [3.8, 4) is 0 Å². The molecular formula is C26H26N6O4. The van der Waals surface area contributed by atoms with Gasteiger partial charge in [0.15, 0.2) is 0 Å². The number of nitrogens with zero attached hydrogens (tertiary/aromatic N) is 6. The van der Waals surface area contributed by atoms with E-state index in [1.807, 2.05) is 0 Å². The first-order valence-corrected chi connectivity index (χ1v) is 11.6. The molecule has 5 rings (SSSR count). The highest BCUT2D eigenvalue weighted by molar-refractivity contribution is 5.91. The number of carbonyl (C=O) groups is 2. The summed E-state index contributed by atoms with van der Waals surface area (Å²) in [7, 11) is 0. The topological polar surface area (TPSA) is 113 Å². The first kappa shape index (κ1) is 23.4. The number of carbonyl (C=O) groups excluding carboxylic acids is 2. The zero-order valence-electron chi connectivity index (χ0n) is 20.9. The van der Waals surface area contributed by atoms with Gasteiger partial charge in [-0.2, -0.15) is 18.4 Å². The van der Waals surface area contributed by atoms with Crippen molar-refractivity contribution in [3.63, 3.8) is 0 Å². The van der Waals surface area contributed by atoms with Gasteiger partial charge in [0, 0.05) is 10.8 Å². The molecule has 0 unspecified atom stereocenters. The van der Waals surface area contributed by atoms with Crippen LogP contribution in [0.5, 0.6) is 0 Å². The van der Waals surface area contributed by atoms with Gasteiger partial charge in [-0.15, -0.1) is 0 Å². The van der Waals surface area contributed by atoms with Gasteiger partial charge in [-0.3, -0.25) is 19.2 Å². The van der Waals surface area contributed by atoms with Crippen LogP contribution in [-0.2, 0) is 0 Å². The first-order chi connectivity index (χ1) is 16.8. The van der Waals surface area contributed by atoms with E-state index in [1.165, 1.54) is 0 Å². The number of hydrogen-bond acceptors (Lipinski definition) is 6. The molecule has 0 aliphatic rings. The molecule has 0 aliphatic carbocycles. The van der Waals surface area contributed by atoms with Crippen LogP contribution in [0.2, 0.25) is 0 Å².